The molecule has 1 amide bonds. The smallest absolute Gasteiger partial charge is 0.239 e. The van der Waals surface area contributed by atoms with Crippen LogP contribution in [0.3, 0.4) is 0 Å². The molecule has 13 heteroatoms. The zero-order valence-corrected chi connectivity index (χ0v) is 21.6. The van der Waals surface area contributed by atoms with Crippen LogP contribution < -0.4 is 15.5 Å². The summed E-state index contributed by atoms with van der Waals surface area (Å²) in [5.74, 6) is 2.41. The van der Waals surface area contributed by atoms with Crippen molar-refractivity contribution < 1.29 is 13.2 Å². The second-order valence-corrected chi connectivity index (χ2v) is 11.6. The average molecular weight is 524 g/mol. The number of likely N-dealkylation sites (N-methyl/N-ethyl adjacent to an activating group) is 1. The molecular weight excluding hydrogens is 494 g/mol. The largest absolute Gasteiger partial charge is 0.309 e. The summed E-state index contributed by atoms with van der Waals surface area (Å²) in [6.07, 6.45) is 9.99. The summed E-state index contributed by atoms with van der Waals surface area (Å²) in [5.41, 5.74) is 0.271. The zero-order chi connectivity index (χ0) is 25.9. The minimum atomic E-state index is -3.83. The van der Waals surface area contributed by atoms with Crippen molar-refractivity contribution in [3.63, 3.8) is 0 Å². The Morgan fingerprint density at radius 2 is 1.92 bits per heavy atom. The van der Waals surface area contributed by atoms with Crippen LogP contribution in [0.1, 0.15) is 51.9 Å². The number of rotatable bonds is 4. The molecule has 0 aromatic carbocycles. The van der Waals surface area contributed by atoms with E-state index in [4.69, 9.17) is 15.2 Å². The van der Waals surface area contributed by atoms with Crippen LogP contribution in [0, 0.1) is 0 Å². The molecule has 37 heavy (non-hydrogen) atoms. The third-order valence-corrected chi connectivity index (χ3v) is 8.37. The Morgan fingerprint density at radius 1 is 1.16 bits per heavy atom. The Kier molecular flexibility index (Phi) is 5.46. The lowest BCUT2D eigenvalue weighted by Gasteiger charge is -2.47. The third-order valence-electron chi connectivity index (χ3n) is 7.47. The molecule has 0 bridgehead atoms. The Bertz CT molecular complexity index is 1520. The molecule has 3 aromatic rings. The van der Waals surface area contributed by atoms with Crippen LogP contribution in [0.5, 0.6) is 0 Å². The van der Waals surface area contributed by atoms with Gasteiger partial charge in [-0.05, 0) is 43.9 Å². The minimum absolute atomic E-state index is 0.0506. The van der Waals surface area contributed by atoms with E-state index in [1.807, 2.05) is 0 Å². The SMILES string of the molecule is CC(=O)N(C)C1=NN(C2CC2)c2cc3cnc(Nc4ccc(S(N)(=O)=O)cn4)nc3n2C12CCCCC2. The summed E-state index contributed by atoms with van der Waals surface area (Å²) in [7, 11) is -2.03. The molecule has 2 saturated carbocycles. The normalized spacial score (nSPS) is 19.0. The van der Waals surface area contributed by atoms with E-state index in [0.717, 1.165) is 67.6 Å². The molecule has 12 nitrogen and oxygen atoms in total. The Hall–Kier alpha value is -3.58. The lowest BCUT2D eigenvalue weighted by atomic mass is 9.79. The van der Waals surface area contributed by atoms with Gasteiger partial charge in [-0.15, -0.1) is 0 Å². The molecule has 3 aromatic heterocycles. The summed E-state index contributed by atoms with van der Waals surface area (Å²) in [4.78, 5) is 27.7. The average Bonchev–Trinajstić information content (AvgIpc) is 3.64. The van der Waals surface area contributed by atoms with Crippen LogP contribution in [0.2, 0.25) is 0 Å². The van der Waals surface area contributed by atoms with Crippen molar-refractivity contribution in [3.8, 4) is 0 Å². The molecule has 0 atom stereocenters. The van der Waals surface area contributed by atoms with Crippen molar-refractivity contribution in [3.05, 3.63) is 30.6 Å². The summed E-state index contributed by atoms with van der Waals surface area (Å²) in [6.45, 7) is 1.57. The number of nitrogens with zero attached hydrogens (tertiary/aromatic N) is 7. The Morgan fingerprint density at radius 3 is 2.54 bits per heavy atom. The van der Waals surface area contributed by atoms with Crippen molar-refractivity contribution in [1.82, 2.24) is 24.4 Å². The molecule has 3 N–H and O–H groups in total. The summed E-state index contributed by atoms with van der Waals surface area (Å²) >= 11 is 0. The van der Waals surface area contributed by atoms with Crippen molar-refractivity contribution in [2.24, 2.45) is 10.2 Å². The molecule has 3 aliphatic rings. The highest BCUT2D eigenvalue weighted by Crippen LogP contribution is 2.48. The predicted octanol–water partition coefficient (Wildman–Crippen LogP) is 2.65. The van der Waals surface area contributed by atoms with E-state index in [0.29, 0.717) is 17.8 Å². The van der Waals surface area contributed by atoms with E-state index in [9.17, 15) is 13.2 Å². The molecule has 194 valence electrons. The van der Waals surface area contributed by atoms with Gasteiger partial charge in [0.15, 0.2) is 5.84 Å². The summed E-state index contributed by atoms with van der Waals surface area (Å²) < 4.78 is 25.4. The lowest BCUT2D eigenvalue weighted by molar-refractivity contribution is -0.124. The van der Waals surface area contributed by atoms with E-state index in [1.54, 1.807) is 25.1 Å². The minimum Gasteiger partial charge on any atom is -0.309 e. The fourth-order valence-electron chi connectivity index (χ4n) is 5.41. The number of hydrogen-bond acceptors (Lipinski definition) is 9. The van der Waals surface area contributed by atoms with E-state index in [-0.39, 0.29) is 10.8 Å². The highest BCUT2D eigenvalue weighted by Gasteiger charge is 2.49. The number of carbonyl (C=O) groups is 1. The maximum atomic E-state index is 12.5. The highest BCUT2D eigenvalue weighted by molar-refractivity contribution is 7.89. The molecule has 1 spiro atoms. The molecule has 1 aliphatic heterocycles. The van der Waals surface area contributed by atoms with Crippen molar-refractivity contribution in [2.75, 3.05) is 17.4 Å². The van der Waals surface area contributed by atoms with Gasteiger partial charge in [-0.25, -0.2) is 28.5 Å². The number of aromatic nitrogens is 4. The van der Waals surface area contributed by atoms with Gasteiger partial charge in [0.2, 0.25) is 21.9 Å². The topological polar surface area (TPSA) is 152 Å². The van der Waals surface area contributed by atoms with Gasteiger partial charge < -0.3 is 10.2 Å². The first kappa shape index (κ1) is 23.8. The number of carbonyl (C=O) groups excluding carboxylic acids is 1. The van der Waals surface area contributed by atoms with Crippen molar-refractivity contribution in [2.45, 2.75) is 68.3 Å². The summed E-state index contributed by atoms with van der Waals surface area (Å²) in [5, 5.41) is 16.3. The first-order valence-electron chi connectivity index (χ1n) is 12.4. The van der Waals surface area contributed by atoms with Gasteiger partial charge in [-0.2, -0.15) is 10.1 Å². The maximum absolute atomic E-state index is 12.5. The number of nitrogens with two attached hydrogens (primary N) is 1. The van der Waals surface area contributed by atoms with Crippen molar-refractivity contribution in [1.29, 1.82) is 0 Å². The molecule has 2 aliphatic carbocycles. The highest BCUT2D eigenvalue weighted by atomic mass is 32.2. The number of amides is 1. The van der Waals surface area contributed by atoms with Gasteiger partial charge >= 0.3 is 0 Å². The van der Waals surface area contributed by atoms with Crippen LogP contribution in [-0.2, 0) is 20.4 Å². The van der Waals surface area contributed by atoms with Crippen molar-refractivity contribution >= 4 is 50.4 Å². The van der Waals surface area contributed by atoms with Gasteiger partial charge in [0.05, 0.1) is 6.04 Å². The summed E-state index contributed by atoms with van der Waals surface area (Å²) in [6, 6.07) is 5.28. The van der Waals surface area contributed by atoms with E-state index in [2.05, 4.69) is 30.9 Å². The second-order valence-electron chi connectivity index (χ2n) is 10.0. The third kappa shape index (κ3) is 4.02. The molecule has 0 saturated heterocycles. The fourth-order valence-corrected chi connectivity index (χ4v) is 5.87. The van der Waals surface area contributed by atoms with E-state index in [1.165, 1.54) is 18.3 Å². The number of anilines is 3. The predicted molar refractivity (Wildman–Crippen MR) is 139 cm³/mol. The Labute approximate surface area is 214 Å². The van der Waals surface area contributed by atoms with Crippen LogP contribution in [0.15, 0.2) is 40.6 Å². The molecule has 4 heterocycles. The fraction of sp³-hybridized carbons (Fsp3) is 0.458. The van der Waals surface area contributed by atoms with Crippen LogP contribution in [-0.4, -0.2) is 57.7 Å². The van der Waals surface area contributed by atoms with Gasteiger partial charge in [0, 0.05) is 31.8 Å². The number of hydrazone groups is 1. The zero-order valence-electron chi connectivity index (χ0n) is 20.8. The second kappa shape index (κ2) is 8.48. The number of fused-ring (bicyclic) bond motifs is 4. The van der Waals surface area contributed by atoms with E-state index < -0.39 is 15.6 Å². The van der Waals surface area contributed by atoms with Gasteiger partial charge in [0.25, 0.3) is 0 Å². The monoisotopic (exact) mass is 523 g/mol. The van der Waals surface area contributed by atoms with Crippen LogP contribution in [0.25, 0.3) is 11.0 Å². The molecule has 0 radical (unpaired) electrons. The standard InChI is InChI=1S/C24H29N9O3S/c1-15(34)31(2)22-24(10-4-3-5-11-24)32-20(33(30-22)17-6-7-17)12-16-13-27-23(29-21(16)32)28-19-9-8-18(14-26-19)37(25,35)36/h8-9,12-14,17H,3-7,10-11H2,1-2H3,(H2,25,35,36)(H,26,27,28,29). The number of primary sulfonamides is 1. The van der Waals surface area contributed by atoms with Crippen LogP contribution >= 0.6 is 0 Å². The number of hydrogen-bond donors (Lipinski definition) is 2. The number of pyridine rings is 1. The Balaban J connectivity index is 1.47. The van der Waals surface area contributed by atoms with Gasteiger partial charge in [0.1, 0.15) is 27.7 Å². The van der Waals surface area contributed by atoms with E-state index >= 15 is 0 Å². The van der Waals surface area contributed by atoms with Gasteiger partial charge in [-0.3, -0.25) is 9.36 Å². The number of nitrogens with one attached hydrogen (secondary N) is 1. The van der Waals surface area contributed by atoms with Crippen LogP contribution in [0.4, 0.5) is 17.6 Å². The quantitative estimate of drug-likeness (QED) is 0.529. The first-order valence-corrected chi connectivity index (χ1v) is 14.0. The molecular formula is C24H29N9O3S. The lowest BCUT2D eigenvalue weighted by Crippen LogP contribution is -2.56. The van der Waals surface area contributed by atoms with Gasteiger partial charge in [-0.1, -0.05) is 19.3 Å². The number of amidine groups is 1. The number of sulfonamides is 1. The maximum Gasteiger partial charge on any atom is 0.239 e. The first-order chi connectivity index (χ1) is 17.7. The molecule has 2 fully saturated rings. The molecule has 0 unspecified atom stereocenters. The molecule has 6 rings (SSSR count).